The quantitative estimate of drug-likeness (QED) is 0.259. The third-order valence-corrected chi connectivity index (χ3v) is 10.1. The van der Waals surface area contributed by atoms with E-state index < -0.39 is 0 Å². The second-order valence-electron chi connectivity index (χ2n) is 12.5. The van der Waals surface area contributed by atoms with Crippen molar-refractivity contribution in [2.75, 3.05) is 6.54 Å². The standard InChI is InChI=1S/C30H55BN2O3/c1-23-24-15-9-8-10-16-25(21-20-24)30(23,2)28(34)27(32)19-13-14-22-33-29(35)31-36-26-17-11-6-4-3-5-7-12-18-26/h23-27,31H,3-22,32H2,1-2H3,(H,33,35). The van der Waals surface area contributed by atoms with Gasteiger partial charge in [-0.2, -0.15) is 0 Å². The lowest BCUT2D eigenvalue weighted by Crippen LogP contribution is -2.53. The summed E-state index contributed by atoms with van der Waals surface area (Å²) in [5.41, 5.74) is 6.25. The van der Waals surface area contributed by atoms with Crippen LogP contribution in [0.1, 0.15) is 136 Å². The van der Waals surface area contributed by atoms with E-state index in [1.54, 1.807) is 0 Å². The first-order chi connectivity index (χ1) is 17.4. The van der Waals surface area contributed by atoms with Crippen LogP contribution in [0, 0.1) is 23.2 Å². The molecule has 4 rings (SSSR count). The van der Waals surface area contributed by atoms with Gasteiger partial charge in [0.1, 0.15) is 0 Å². The minimum Gasteiger partial charge on any atom is -0.427 e. The molecule has 5 unspecified atom stereocenters. The van der Waals surface area contributed by atoms with Gasteiger partial charge in [0.25, 0.3) is 0 Å². The third kappa shape index (κ3) is 8.58. The number of nitrogens with two attached hydrogens (primary N) is 1. The lowest BCUT2D eigenvalue weighted by Gasteiger charge is -2.49. The van der Waals surface area contributed by atoms with Crippen LogP contribution in [-0.4, -0.2) is 37.8 Å². The zero-order valence-corrected chi connectivity index (χ0v) is 23.5. The molecule has 4 aliphatic rings. The van der Waals surface area contributed by atoms with E-state index in [1.165, 1.54) is 89.9 Å². The molecule has 1 amide bonds. The van der Waals surface area contributed by atoms with E-state index >= 15 is 0 Å². The fourth-order valence-corrected chi connectivity index (χ4v) is 7.50. The van der Waals surface area contributed by atoms with E-state index in [1.807, 2.05) is 0 Å². The van der Waals surface area contributed by atoms with Gasteiger partial charge < -0.3 is 15.7 Å². The van der Waals surface area contributed by atoms with E-state index in [2.05, 4.69) is 19.2 Å². The van der Waals surface area contributed by atoms with Gasteiger partial charge in [-0.3, -0.25) is 9.59 Å². The van der Waals surface area contributed by atoms with Gasteiger partial charge in [-0.1, -0.05) is 84.5 Å². The van der Waals surface area contributed by atoms with Crippen molar-refractivity contribution in [3.05, 3.63) is 0 Å². The molecule has 0 saturated heterocycles. The first-order valence-electron chi connectivity index (χ1n) is 15.6. The number of carbonyl (C=O) groups excluding carboxylic acids is 2. The van der Waals surface area contributed by atoms with Gasteiger partial charge in [-0.05, 0) is 69.1 Å². The smallest absolute Gasteiger partial charge is 0.380 e. The molecule has 4 saturated carbocycles. The van der Waals surface area contributed by atoms with Crippen LogP contribution in [-0.2, 0) is 9.45 Å². The zero-order chi connectivity index (χ0) is 25.8. The molecule has 3 N–H and O–H groups in total. The van der Waals surface area contributed by atoms with Crippen LogP contribution in [0.5, 0.6) is 0 Å². The summed E-state index contributed by atoms with van der Waals surface area (Å²) >= 11 is 0. The van der Waals surface area contributed by atoms with Gasteiger partial charge in [0, 0.05) is 18.1 Å². The average Bonchev–Trinajstić information content (AvgIpc) is 3.04. The molecule has 5 nitrogen and oxygen atoms in total. The maximum atomic E-state index is 13.7. The highest BCUT2D eigenvalue weighted by atomic mass is 16.4. The van der Waals surface area contributed by atoms with Crippen molar-refractivity contribution >= 4 is 19.1 Å². The highest BCUT2D eigenvalue weighted by Gasteiger charge is 2.51. The normalized spacial score (nSPS) is 31.5. The van der Waals surface area contributed by atoms with Gasteiger partial charge in [-0.25, -0.2) is 0 Å². The monoisotopic (exact) mass is 502 g/mol. The van der Waals surface area contributed by atoms with Crippen LogP contribution in [0.15, 0.2) is 0 Å². The Bertz CT molecular complexity index is 657. The van der Waals surface area contributed by atoms with Crippen molar-refractivity contribution < 1.29 is 14.2 Å². The molecule has 0 heterocycles. The van der Waals surface area contributed by atoms with Crippen molar-refractivity contribution in [1.29, 1.82) is 0 Å². The number of Topliss-reactive ketones (excluding diaryl/α,β-unsaturated/α-hetero) is 1. The fraction of sp³-hybridized carbons (Fsp3) is 0.933. The number of nitrogens with one attached hydrogen (secondary N) is 1. The molecule has 0 aromatic heterocycles. The number of fused-ring (bicyclic) bond motifs is 6. The van der Waals surface area contributed by atoms with Crippen LogP contribution < -0.4 is 11.1 Å². The van der Waals surface area contributed by atoms with Crippen LogP contribution >= 0.6 is 0 Å². The van der Waals surface area contributed by atoms with E-state index in [-0.39, 0.29) is 30.8 Å². The van der Waals surface area contributed by atoms with Crippen molar-refractivity contribution in [2.45, 2.75) is 148 Å². The Kier molecular flexibility index (Phi) is 12.8. The topological polar surface area (TPSA) is 81.4 Å². The average molecular weight is 503 g/mol. The van der Waals surface area contributed by atoms with Crippen LogP contribution in [0.4, 0.5) is 4.79 Å². The Labute approximate surface area is 222 Å². The highest BCUT2D eigenvalue weighted by molar-refractivity contribution is 6.68. The number of hydrogen-bond acceptors (Lipinski definition) is 4. The van der Waals surface area contributed by atoms with E-state index in [0.29, 0.717) is 36.5 Å². The second kappa shape index (κ2) is 15.5. The molecule has 0 radical (unpaired) electrons. The second-order valence-corrected chi connectivity index (χ2v) is 12.5. The minimum atomic E-state index is -0.383. The highest BCUT2D eigenvalue weighted by Crippen LogP contribution is 2.53. The molecular formula is C30H55BN2O3. The SMILES string of the molecule is CC1C2CCCCCC(CC2)C1(C)C(=O)C(N)CCCCNC(=O)BOC1CCCCCCCCC1. The van der Waals surface area contributed by atoms with Crippen LogP contribution in [0.3, 0.4) is 0 Å². The third-order valence-electron chi connectivity index (χ3n) is 10.1. The molecule has 2 bridgehead atoms. The summed E-state index contributed by atoms with van der Waals surface area (Å²) in [5.74, 6) is 1.88. The van der Waals surface area contributed by atoms with Gasteiger partial charge in [0.05, 0.1) is 6.04 Å². The molecule has 0 aromatic rings. The first kappa shape index (κ1) is 29.7. The number of rotatable bonds is 10. The number of ketones is 1. The van der Waals surface area contributed by atoms with Gasteiger partial charge in [0.2, 0.25) is 5.81 Å². The maximum Gasteiger partial charge on any atom is 0.380 e. The van der Waals surface area contributed by atoms with Crippen molar-refractivity contribution in [2.24, 2.45) is 28.9 Å². The molecule has 0 aliphatic heterocycles. The first-order valence-corrected chi connectivity index (χ1v) is 15.6. The predicted molar refractivity (Wildman–Crippen MR) is 150 cm³/mol. The van der Waals surface area contributed by atoms with E-state index in [4.69, 9.17) is 10.4 Å². The lowest BCUT2D eigenvalue weighted by molar-refractivity contribution is -0.141. The Morgan fingerprint density at radius 1 is 0.889 bits per heavy atom. The Hall–Kier alpha value is -0.875. The number of carbonyl (C=O) groups is 2. The fourth-order valence-electron chi connectivity index (χ4n) is 7.50. The van der Waals surface area contributed by atoms with Crippen LogP contribution in [0.25, 0.3) is 0 Å². The molecule has 36 heavy (non-hydrogen) atoms. The molecule has 4 fully saturated rings. The predicted octanol–water partition coefficient (Wildman–Crippen LogP) is 6.66. The number of hydrogen-bond donors (Lipinski definition) is 2. The molecule has 206 valence electrons. The van der Waals surface area contributed by atoms with E-state index in [9.17, 15) is 9.59 Å². The number of unbranched alkanes of at least 4 members (excludes halogenated alkanes) is 1. The van der Waals surface area contributed by atoms with Gasteiger partial charge in [-0.15, -0.1) is 0 Å². The van der Waals surface area contributed by atoms with E-state index in [0.717, 1.165) is 25.7 Å². The van der Waals surface area contributed by atoms with Crippen LogP contribution in [0.2, 0.25) is 0 Å². The summed E-state index contributed by atoms with van der Waals surface area (Å²) in [7, 11) is 0.168. The molecule has 0 aromatic carbocycles. The Morgan fingerprint density at radius 3 is 2.22 bits per heavy atom. The summed E-state index contributed by atoms with van der Waals surface area (Å²) in [5, 5.41) is 3.01. The lowest BCUT2D eigenvalue weighted by atomic mass is 9.54. The molecule has 6 heteroatoms. The largest absolute Gasteiger partial charge is 0.427 e. The van der Waals surface area contributed by atoms with Crippen molar-refractivity contribution in [3.63, 3.8) is 0 Å². The summed E-state index contributed by atoms with van der Waals surface area (Å²) in [6, 6.07) is -0.383. The van der Waals surface area contributed by atoms with Crippen molar-refractivity contribution in [1.82, 2.24) is 5.32 Å². The molecular weight excluding hydrogens is 447 g/mol. The number of amides is 1. The molecule has 5 atom stereocenters. The molecule has 0 spiro atoms. The van der Waals surface area contributed by atoms with Gasteiger partial charge >= 0.3 is 7.48 Å². The summed E-state index contributed by atoms with van der Waals surface area (Å²) in [6.45, 7) is 5.19. The summed E-state index contributed by atoms with van der Waals surface area (Å²) in [6.07, 6.45) is 22.7. The van der Waals surface area contributed by atoms with Gasteiger partial charge in [0.15, 0.2) is 5.78 Å². The van der Waals surface area contributed by atoms with Crippen molar-refractivity contribution in [3.8, 4) is 0 Å². The Balaban J connectivity index is 1.34. The minimum absolute atomic E-state index is 0.0181. The maximum absolute atomic E-state index is 13.7. The molecule has 4 aliphatic carbocycles. The summed E-state index contributed by atoms with van der Waals surface area (Å²) in [4.78, 5) is 26.0. The zero-order valence-electron chi connectivity index (χ0n) is 23.5. The Morgan fingerprint density at radius 2 is 1.50 bits per heavy atom. The summed E-state index contributed by atoms with van der Waals surface area (Å²) < 4.78 is 5.97.